The Morgan fingerprint density at radius 2 is 1.04 bits per heavy atom. The lowest BCUT2D eigenvalue weighted by molar-refractivity contribution is -0.366. The molecule has 15 N–H and O–H groups in total. The third kappa shape index (κ3) is 19.7. The summed E-state index contributed by atoms with van der Waals surface area (Å²) in [6, 6.07) is 1.40. The summed E-state index contributed by atoms with van der Waals surface area (Å²) in [7, 11) is -29.1. The molecular weight excluding hydrogens is 1230 g/mol. The van der Waals surface area contributed by atoms with Gasteiger partial charge in [-0.25, -0.2) is 26.3 Å². The lowest BCUT2D eigenvalue weighted by Gasteiger charge is -2.50. The van der Waals surface area contributed by atoms with Crippen molar-refractivity contribution in [3.63, 3.8) is 0 Å². The summed E-state index contributed by atoms with van der Waals surface area (Å²) in [5.74, 6) is -5.49. The molecule has 0 bridgehead atoms. The fourth-order valence-electron chi connectivity index (χ4n) is 7.68. The first-order valence-electron chi connectivity index (χ1n) is 21.2. The number of aliphatic carboxylic acids is 2. The van der Waals surface area contributed by atoms with Crippen LogP contribution < -0.4 is 10.0 Å². The van der Waals surface area contributed by atoms with E-state index in [1.807, 2.05) is 5.32 Å². The first-order valence-corrected chi connectivity index (χ1v) is 28.1. The van der Waals surface area contributed by atoms with Crippen molar-refractivity contribution in [1.29, 1.82) is 0 Å². The van der Waals surface area contributed by atoms with Crippen LogP contribution in [0.2, 0.25) is 0 Å². The molecule has 1 amide bonds. The number of aliphatic hydroxyl groups is 6. The Hall–Kier alpha value is -3.75. The van der Waals surface area contributed by atoms with Crippen LogP contribution in [0.5, 0.6) is 0 Å². The summed E-state index contributed by atoms with van der Waals surface area (Å²) in [4.78, 5) is 36.4. The van der Waals surface area contributed by atoms with Crippen LogP contribution in [0.4, 0.5) is 13.2 Å². The first kappa shape index (κ1) is 68.7. The van der Waals surface area contributed by atoms with E-state index in [0.29, 0.717) is 0 Å². The minimum Gasteiger partial charge on any atom is -0.479 e. The van der Waals surface area contributed by atoms with Crippen molar-refractivity contribution in [2.75, 3.05) is 13.2 Å². The van der Waals surface area contributed by atoms with Crippen LogP contribution in [0.3, 0.4) is 0 Å². The Balaban J connectivity index is 0.00000124. The summed E-state index contributed by atoms with van der Waals surface area (Å²) < 4.78 is 258. The van der Waals surface area contributed by atoms with E-state index in [9.17, 15) is 129 Å². The van der Waals surface area contributed by atoms with Gasteiger partial charge < -0.3 is 79.3 Å². The number of amides is 1. The van der Waals surface area contributed by atoms with Crippen LogP contribution >= 0.6 is 0 Å². The number of hydrogen-bond donors (Lipinski definition) is 15. The predicted molar refractivity (Wildman–Crippen MR) is 232 cm³/mol. The molecule has 39 nitrogen and oxygen atoms in total. The van der Waals surface area contributed by atoms with Gasteiger partial charge in [0, 0.05) is 6.92 Å². The first-order chi connectivity index (χ1) is 36.4. The topological polar surface area (TPSA) is 610 Å². The van der Waals surface area contributed by atoms with Crippen LogP contribution in [0, 0.1) is 0 Å². The molecule has 5 rings (SSSR count). The summed E-state index contributed by atoms with van der Waals surface area (Å²) in [5.41, 5.74) is -0.602. The van der Waals surface area contributed by atoms with Crippen LogP contribution in [0.15, 0.2) is 30.3 Å². The van der Waals surface area contributed by atoms with E-state index in [1.165, 1.54) is 16.9 Å². The van der Waals surface area contributed by atoms with E-state index in [1.54, 1.807) is 6.07 Å². The van der Waals surface area contributed by atoms with Crippen LogP contribution in [-0.4, -0.2) is 259 Å². The fraction of sp³-hybridized carbons (Fsp3) is 0.727. The van der Waals surface area contributed by atoms with Gasteiger partial charge in [-0.1, -0.05) is 30.3 Å². The molecule has 1 aromatic rings. The molecule has 4 saturated heterocycles. The molecular formula is C33H47F3N2O37S5. The van der Waals surface area contributed by atoms with E-state index in [4.69, 9.17) is 37.7 Å². The van der Waals surface area contributed by atoms with Gasteiger partial charge in [0.25, 0.3) is 0 Å². The number of alkyl halides is 3. The molecule has 0 saturated carbocycles. The Kier molecular flexibility index (Phi) is 23.1. The maximum absolute atomic E-state index is 12.7. The highest BCUT2D eigenvalue weighted by Crippen LogP contribution is 2.38. The number of halogens is 3. The molecule has 0 unspecified atom stereocenters. The molecule has 20 atom stereocenters. The molecule has 4 fully saturated rings. The van der Waals surface area contributed by atoms with E-state index in [2.05, 4.69) is 16.7 Å². The number of carbonyl (C=O) groups is 3. The molecule has 80 heavy (non-hydrogen) atoms. The molecule has 1 aromatic carbocycles. The molecule has 0 aliphatic carbocycles. The average Bonchev–Trinajstić information content (AvgIpc) is 3.29. The fourth-order valence-corrected chi connectivity index (χ4v) is 10.1. The molecule has 0 aromatic heterocycles. The maximum atomic E-state index is 12.7. The molecule has 0 radical (unpaired) electrons. The normalized spacial score (nSPS) is 35.7. The predicted octanol–water partition coefficient (Wildman–Crippen LogP) is -8.01. The van der Waals surface area contributed by atoms with Crippen molar-refractivity contribution in [2.24, 2.45) is 0 Å². The number of carboxylic acid groups (broad SMARTS) is 2. The number of rotatable bonds is 21. The van der Waals surface area contributed by atoms with E-state index >= 15 is 0 Å². The Morgan fingerprint density at radius 1 is 0.562 bits per heavy atom. The highest BCUT2D eigenvalue weighted by Gasteiger charge is 2.60. The number of benzene rings is 1. The minimum absolute atomic E-state index is 0.602. The Morgan fingerprint density at radius 3 is 1.48 bits per heavy atom. The van der Waals surface area contributed by atoms with Crippen molar-refractivity contribution in [2.45, 2.75) is 136 Å². The summed E-state index contributed by atoms with van der Waals surface area (Å²) in [6.45, 7) is -2.24. The van der Waals surface area contributed by atoms with Gasteiger partial charge in [-0.05, 0) is 0 Å². The van der Waals surface area contributed by atoms with Crippen molar-refractivity contribution < 1.29 is 183 Å². The zero-order chi connectivity index (χ0) is 61.0. The average molecular weight is 1280 g/mol. The number of carbonyl (C=O) groups excluding carboxylic acids is 1. The van der Waals surface area contributed by atoms with Gasteiger partial charge in [0.05, 0.1) is 18.8 Å². The summed E-state index contributed by atoms with van der Waals surface area (Å²) >= 11 is 0. The second kappa shape index (κ2) is 26.9. The second-order valence-corrected chi connectivity index (χ2v) is 21.9. The van der Waals surface area contributed by atoms with Gasteiger partial charge >= 0.3 is 70.0 Å². The van der Waals surface area contributed by atoms with Gasteiger partial charge in [-0.2, -0.15) is 60.0 Å². The molecule has 0 spiro atoms. The van der Waals surface area contributed by atoms with Crippen molar-refractivity contribution in [3.8, 4) is 0 Å². The Labute approximate surface area is 446 Å². The number of hydrogen-bond acceptors (Lipinski definition) is 30. The monoisotopic (exact) mass is 1280 g/mol. The van der Waals surface area contributed by atoms with Gasteiger partial charge in [0.15, 0.2) is 49.6 Å². The van der Waals surface area contributed by atoms with Crippen LogP contribution in [-0.2, 0) is 122 Å². The van der Waals surface area contributed by atoms with Crippen molar-refractivity contribution in [1.82, 2.24) is 10.0 Å². The molecule has 47 heteroatoms. The highest BCUT2D eigenvalue weighted by atomic mass is 32.3. The van der Waals surface area contributed by atoms with Crippen molar-refractivity contribution >= 4 is 69.7 Å². The van der Waals surface area contributed by atoms with Gasteiger partial charge in [0.2, 0.25) is 5.91 Å². The quantitative estimate of drug-likeness (QED) is 0.0508. The van der Waals surface area contributed by atoms with Gasteiger partial charge in [-0.3, -0.25) is 27.6 Å². The molecule has 4 aliphatic rings. The van der Waals surface area contributed by atoms with Crippen LogP contribution in [0.1, 0.15) is 12.5 Å². The number of aliphatic hydroxyl groups excluding tert-OH is 6. The Bertz CT molecular complexity index is 2870. The van der Waals surface area contributed by atoms with Crippen molar-refractivity contribution in [3.05, 3.63) is 35.9 Å². The standard InChI is InChI=1S/C26H42N2O37S5.C7H5F3/c1-4(30)27-7-9(31)13(6(56-23(7)39)3-55-67(43,44)45)58-26-19(65-70(52,53)54)12(34)16(20(62-26)22(37)38)60-24-8(28-66(40,41)42)15(63-68(46,47)48)14(5(2-29)57-24)59-25-18(64-69(49,50)51)11(33)10(32)17(61-25)21(35)36;8-7(9,10)6-4-2-1-3-5-6/h5-20,23-26,28-29,31-34,39H,2-3H2,1H3,(H,27,30)(H,35,36)(H,37,38)(H,40,41,42)(H,43,44,45)(H,46,47,48)(H,49,50,51)(H,52,53,54);1-5H/t5-,6+,7-,8-,9-,10-,11-,12+,13-,14-,15-,16+,17-,18+,19-,20+,23-,24+,25+,26-;/m1./s1. The SMILES string of the molecule is CC(=O)N[C@@H]1[C@@H](O)[C@H](O[C@@H]2O[C@H](C(=O)O)[C@@H](O[C@@H]3O[C@H](CO)[C@@H](O[C@H]4O[C@@H](C(=O)O)[C@H](O)[C@@H](O)[C@@H]4OS(=O)(=O)O)[C@H](OS(=O)(=O)O)[C@H]3NS(=O)(=O)O)[C@H](O)[C@H]2OS(=O)(=O)O)[C@H](COS(=O)(=O)O)O[C@H]1O.FC(F)(F)c1ccccc1. The summed E-state index contributed by atoms with van der Waals surface area (Å²) in [6.07, 6.45) is -53.3. The zero-order valence-electron chi connectivity index (χ0n) is 39.1. The highest BCUT2D eigenvalue weighted by molar-refractivity contribution is 7.83. The largest absolute Gasteiger partial charge is 0.479 e. The second-order valence-electron chi connectivity index (χ2n) is 16.5. The number of nitrogens with one attached hydrogen (secondary N) is 2. The lowest BCUT2D eigenvalue weighted by atomic mass is 9.94. The third-order valence-corrected chi connectivity index (χ3v) is 13.2. The zero-order valence-corrected chi connectivity index (χ0v) is 43.2. The number of ether oxygens (including phenoxy) is 7. The third-order valence-electron chi connectivity index (χ3n) is 10.8. The minimum atomic E-state index is -6.09. The maximum Gasteiger partial charge on any atom is 0.416 e. The lowest BCUT2D eigenvalue weighted by Crippen LogP contribution is -2.71. The van der Waals surface area contributed by atoms with E-state index in [0.717, 1.165) is 19.1 Å². The van der Waals surface area contributed by atoms with Gasteiger partial charge in [-0.15, -0.1) is 0 Å². The van der Waals surface area contributed by atoms with E-state index < -0.39 is 217 Å². The van der Waals surface area contributed by atoms with Crippen LogP contribution in [0.25, 0.3) is 0 Å². The van der Waals surface area contributed by atoms with Gasteiger partial charge in [0.1, 0.15) is 73.1 Å². The smallest absolute Gasteiger partial charge is 0.416 e. The van der Waals surface area contributed by atoms with E-state index in [-0.39, 0.29) is 0 Å². The molecule has 462 valence electrons. The number of carboxylic acids is 2. The summed E-state index contributed by atoms with van der Waals surface area (Å²) in [5, 5.41) is 86.0. The molecule has 4 aliphatic heterocycles. The molecule has 4 heterocycles.